The predicted molar refractivity (Wildman–Crippen MR) is 63.5 cm³/mol. The second-order valence-corrected chi connectivity index (χ2v) is 5.40. The van der Waals surface area contributed by atoms with Gasteiger partial charge in [-0.25, -0.2) is 0 Å². The van der Waals surface area contributed by atoms with Gasteiger partial charge < -0.3 is 11.1 Å². The van der Waals surface area contributed by atoms with Crippen molar-refractivity contribution in [2.75, 3.05) is 11.9 Å². The summed E-state index contributed by atoms with van der Waals surface area (Å²) in [5.41, 5.74) is 5.48. The Morgan fingerprint density at radius 1 is 1.71 bits per heavy atom. The van der Waals surface area contributed by atoms with E-state index in [4.69, 9.17) is 5.73 Å². The Hall–Kier alpha value is -0.390. The number of thiophene rings is 1. The summed E-state index contributed by atoms with van der Waals surface area (Å²) >= 11 is 4.83. The lowest BCUT2D eigenvalue weighted by Gasteiger charge is -2.10. The maximum atomic E-state index is 11.6. The molecule has 1 atom stereocenters. The zero-order valence-corrected chi connectivity index (χ0v) is 10.3. The first-order valence-electron chi connectivity index (χ1n) is 4.43. The van der Waals surface area contributed by atoms with Crippen LogP contribution in [0, 0.1) is 5.92 Å². The molecule has 0 radical (unpaired) electrons. The zero-order valence-electron chi connectivity index (χ0n) is 7.92. The Morgan fingerprint density at radius 3 is 2.86 bits per heavy atom. The summed E-state index contributed by atoms with van der Waals surface area (Å²) < 4.78 is 1.01. The second-order valence-electron chi connectivity index (χ2n) is 2.93. The molecule has 0 fully saturated rings. The molecule has 0 bridgehead atoms. The van der Waals surface area contributed by atoms with E-state index >= 15 is 0 Å². The third-order valence-electron chi connectivity index (χ3n) is 1.97. The van der Waals surface area contributed by atoms with E-state index in [2.05, 4.69) is 21.2 Å². The highest BCUT2D eigenvalue weighted by molar-refractivity contribution is 9.11. The molecule has 0 aliphatic rings. The van der Waals surface area contributed by atoms with Gasteiger partial charge in [0.25, 0.3) is 0 Å². The minimum atomic E-state index is -0.0872. The summed E-state index contributed by atoms with van der Waals surface area (Å²) in [6, 6.07) is 3.78. The first-order chi connectivity index (χ1) is 6.67. The van der Waals surface area contributed by atoms with Gasteiger partial charge in [-0.15, -0.1) is 11.3 Å². The van der Waals surface area contributed by atoms with Crippen LogP contribution in [0.25, 0.3) is 0 Å². The van der Waals surface area contributed by atoms with Gasteiger partial charge in [-0.05, 0) is 34.5 Å². The van der Waals surface area contributed by atoms with Gasteiger partial charge in [0.05, 0.1) is 14.7 Å². The number of carbonyl (C=O) groups excluding carboxylic acids is 1. The molecule has 0 aliphatic carbocycles. The van der Waals surface area contributed by atoms with Crippen LogP contribution in [0.2, 0.25) is 0 Å². The fourth-order valence-corrected chi connectivity index (χ4v) is 2.35. The van der Waals surface area contributed by atoms with Crippen molar-refractivity contribution in [2.45, 2.75) is 13.3 Å². The van der Waals surface area contributed by atoms with Gasteiger partial charge in [0, 0.05) is 6.54 Å². The molecule has 1 amide bonds. The van der Waals surface area contributed by atoms with E-state index in [1.807, 2.05) is 19.1 Å². The van der Waals surface area contributed by atoms with Crippen LogP contribution >= 0.6 is 27.3 Å². The minimum Gasteiger partial charge on any atom is -0.330 e. The summed E-state index contributed by atoms with van der Waals surface area (Å²) in [5, 5.41) is 3.69. The molecule has 1 heterocycles. The quantitative estimate of drug-likeness (QED) is 0.888. The fraction of sp³-hybridized carbons (Fsp3) is 0.444. The highest BCUT2D eigenvalue weighted by Crippen LogP contribution is 2.26. The van der Waals surface area contributed by atoms with Gasteiger partial charge in [-0.1, -0.05) is 6.92 Å². The first-order valence-corrected chi connectivity index (χ1v) is 6.04. The summed E-state index contributed by atoms with van der Waals surface area (Å²) in [4.78, 5) is 11.6. The Labute approximate surface area is 95.8 Å². The Kier molecular flexibility index (Phi) is 4.57. The summed E-state index contributed by atoms with van der Waals surface area (Å²) in [6.07, 6.45) is 0.773. The number of carbonyl (C=O) groups is 1. The molecular weight excluding hydrogens is 264 g/mol. The van der Waals surface area contributed by atoms with Crippen molar-refractivity contribution in [1.29, 1.82) is 0 Å². The lowest BCUT2D eigenvalue weighted by atomic mass is 10.1. The van der Waals surface area contributed by atoms with E-state index in [9.17, 15) is 4.79 Å². The summed E-state index contributed by atoms with van der Waals surface area (Å²) in [6.45, 7) is 2.36. The normalized spacial score (nSPS) is 12.5. The molecule has 0 saturated carbocycles. The van der Waals surface area contributed by atoms with Gasteiger partial charge >= 0.3 is 0 Å². The second kappa shape index (κ2) is 5.48. The molecule has 0 spiro atoms. The molecule has 1 aromatic rings. The van der Waals surface area contributed by atoms with Crippen molar-refractivity contribution in [3.63, 3.8) is 0 Å². The summed E-state index contributed by atoms with van der Waals surface area (Å²) in [7, 11) is 0. The van der Waals surface area contributed by atoms with Crippen molar-refractivity contribution in [2.24, 2.45) is 11.7 Å². The van der Waals surface area contributed by atoms with E-state index in [0.717, 1.165) is 15.2 Å². The van der Waals surface area contributed by atoms with Crippen LogP contribution < -0.4 is 11.1 Å². The number of hydrogen-bond donors (Lipinski definition) is 2. The van der Waals surface area contributed by atoms with E-state index < -0.39 is 0 Å². The van der Waals surface area contributed by atoms with Gasteiger partial charge in [0.2, 0.25) is 5.91 Å². The van der Waals surface area contributed by atoms with Crippen LogP contribution in [0.1, 0.15) is 13.3 Å². The van der Waals surface area contributed by atoms with E-state index in [1.54, 1.807) is 0 Å². The monoisotopic (exact) mass is 276 g/mol. The lowest BCUT2D eigenvalue weighted by Crippen LogP contribution is -2.28. The van der Waals surface area contributed by atoms with E-state index in [-0.39, 0.29) is 11.8 Å². The molecule has 5 heteroatoms. The number of halogens is 1. The van der Waals surface area contributed by atoms with Crippen molar-refractivity contribution in [1.82, 2.24) is 0 Å². The highest BCUT2D eigenvalue weighted by Gasteiger charge is 2.14. The standard InChI is InChI=1S/C9H13BrN2OS/c1-2-6(5-11)9(13)12-8-4-3-7(10)14-8/h3-4,6H,2,5,11H2,1H3,(H,12,13). The summed E-state index contributed by atoms with van der Waals surface area (Å²) in [5.74, 6) is -0.0831. The van der Waals surface area contributed by atoms with Gasteiger partial charge in [0.1, 0.15) is 0 Å². The van der Waals surface area contributed by atoms with Crippen molar-refractivity contribution in [3.05, 3.63) is 15.9 Å². The van der Waals surface area contributed by atoms with Crippen molar-refractivity contribution in [3.8, 4) is 0 Å². The van der Waals surface area contributed by atoms with E-state index in [1.165, 1.54) is 11.3 Å². The van der Waals surface area contributed by atoms with Crippen LogP contribution in [0.4, 0.5) is 5.00 Å². The highest BCUT2D eigenvalue weighted by atomic mass is 79.9. The maximum absolute atomic E-state index is 11.6. The third kappa shape index (κ3) is 3.08. The van der Waals surface area contributed by atoms with Crippen LogP contribution in [0.3, 0.4) is 0 Å². The number of rotatable bonds is 4. The van der Waals surface area contributed by atoms with Gasteiger partial charge in [-0.3, -0.25) is 4.79 Å². The average molecular weight is 277 g/mol. The molecule has 0 aromatic carbocycles. The molecule has 1 rings (SSSR count). The number of anilines is 1. The SMILES string of the molecule is CCC(CN)C(=O)Nc1ccc(Br)s1. The zero-order chi connectivity index (χ0) is 10.6. The van der Waals surface area contributed by atoms with Gasteiger partial charge in [0.15, 0.2) is 0 Å². The number of nitrogens with two attached hydrogens (primary N) is 1. The fourth-order valence-electron chi connectivity index (χ4n) is 1.06. The molecule has 14 heavy (non-hydrogen) atoms. The minimum absolute atomic E-state index is 0.00403. The molecule has 3 N–H and O–H groups in total. The molecule has 1 unspecified atom stereocenters. The number of nitrogens with one attached hydrogen (secondary N) is 1. The van der Waals surface area contributed by atoms with E-state index in [0.29, 0.717) is 6.54 Å². The number of hydrogen-bond acceptors (Lipinski definition) is 3. The Bertz CT molecular complexity index is 310. The van der Waals surface area contributed by atoms with Crippen LogP contribution in [0.15, 0.2) is 15.9 Å². The Morgan fingerprint density at radius 2 is 2.43 bits per heavy atom. The molecular formula is C9H13BrN2OS. The molecule has 78 valence electrons. The van der Waals surface area contributed by atoms with Crippen molar-refractivity contribution >= 4 is 38.2 Å². The lowest BCUT2D eigenvalue weighted by molar-refractivity contribution is -0.119. The molecule has 0 aliphatic heterocycles. The third-order valence-corrected chi connectivity index (χ3v) is 3.51. The van der Waals surface area contributed by atoms with Crippen LogP contribution in [-0.4, -0.2) is 12.5 Å². The molecule has 1 aromatic heterocycles. The predicted octanol–water partition coefficient (Wildman–Crippen LogP) is 2.43. The largest absolute Gasteiger partial charge is 0.330 e. The molecule has 0 saturated heterocycles. The van der Waals surface area contributed by atoms with Crippen LogP contribution in [0.5, 0.6) is 0 Å². The Balaban J connectivity index is 2.56. The van der Waals surface area contributed by atoms with Crippen LogP contribution in [-0.2, 0) is 4.79 Å². The first kappa shape index (κ1) is 11.7. The average Bonchev–Trinajstić information content (AvgIpc) is 2.53. The topological polar surface area (TPSA) is 55.1 Å². The smallest absolute Gasteiger partial charge is 0.229 e. The van der Waals surface area contributed by atoms with Crippen molar-refractivity contribution < 1.29 is 4.79 Å². The molecule has 3 nitrogen and oxygen atoms in total. The maximum Gasteiger partial charge on any atom is 0.229 e. The number of amides is 1. The van der Waals surface area contributed by atoms with Gasteiger partial charge in [-0.2, -0.15) is 0 Å².